The summed E-state index contributed by atoms with van der Waals surface area (Å²) in [5, 5.41) is 3.50. The van der Waals surface area contributed by atoms with E-state index in [1.807, 2.05) is 0 Å². The Morgan fingerprint density at radius 2 is 1.76 bits per heavy atom. The summed E-state index contributed by atoms with van der Waals surface area (Å²) < 4.78 is 0. The zero-order chi connectivity index (χ0) is 17.4. The van der Waals surface area contributed by atoms with Crippen LogP contribution in [0, 0.1) is 0 Å². The molecule has 0 aromatic heterocycles. The van der Waals surface area contributed by atoms with E-state index in [1.165, 1.54) is 32.1 Å². The number of hydrogen-bond acceptors (Lipinski definition) is 3. The zero-order valence-electron chi connectivity index (χ0n) is 16.8. The molecule has 1 saturated carbocycles. The molecule has 0 bridgehead atoms. The quantitative estimate of drug-likeness (QED) is 0.340. The summed E-state index contributed by atoms with van der Waals surface area (Å²) in [7, 11) is 2.27. The van der Waals surface area contributed by atoms with Gasteiger partial charge in [-0.2, -0.15) is 0 Å². The van der Waals surface area contributed by atoms with Gasteiger partial charge in [-0.05, 0) is 46.3 Å². The van der Waals surface area contributed by atoms with Crippen LogP contribution in [0.3, 0.4) is 0 Å². The Bertz CT molecular complexity index is 380. The highest BCUT2D eigenvalue weighted by molar-refractivity contribution is 14.0. The van der Waals surface area contributed by atoms with Gasteiger partial charge in [0.05, 0.1) is 6.54 Å². The maximum atomic E-state index is 4.92. The second-order valence-electron chi connectivity index (χ2n) is 7.26. The topological polar surface area (TPSA) is 34.1 Å². The highest BCUT2D eigenvalue weighted by atomic mass is 127. The minimum Gasteiger partial charge on any atom is -0.357 e. The normalized spacial score (nSPS) is 22.1. The van der Waals surface area contributed by atoms with E-state index in [-0.39, 0.29) is 24.0 Å². The SMILES string of the molecule is CCNC(=NCCN(C)C1CCCC1)N1CCC(N(CC)CC)C1.I. The molecule has 6 heteroatoms. The van der Waals surface area contributed by atoms with E-state index in [0.29, 0.717) is 6.04 Å². The highest BCUT2D eigenvalue weighted by Crippen LogP contribution is 2.22. The second-order valence-corrected chi connectivity index (χ2v) is 7.26. The molecule has 1 saturated heterocycles. The maximum absolute atomic E-state index is 4.92. The van der Waals surface area contributed by atoms with Crippen molar-refractivity contribution in [1.82, 2.24) is 20.0 Å². The fourth-order valence-electron chi connectivity index (χ4n) is 4.24. The number of halogens is 1. The third-order valence-corrected chi connectivity index (χ3v) is 5.79. The molecule has 2 aliphatic rings. The third-order valence-electron chi connectivity index (χ3n) is 5.79. The van der Waals surface area contributed by atoms with Gasteiger partial charge in [-0.25, -0.2) is 0 Å². The van der Waals surface area contributed by atoms with Gasteiger partial charge in [0.1, 0.15) is 0 Å². The van der Waals surface area contributed by atoms with E-state index in [2.05, 4.69) is 47.8 Å². The third kappa shape index (κ3) is 6.86. The molecule has 1 N–H and O–H groups in total. The molecule has 1 atom stereocenters. The molecule has 0 amide bonds. The number of rotatable bonds is 8. The average molecular weight is 465 g/mol. The monoisotopic (exact) mass is 465 g/mol. The van der Waals surface area contributed by atoms with Crippen molar-refractivity contribution in [2.24, 2.45) is 4.99 Å². The standard InChI is InChI=1S/C19H39N5.HI/c1-5-20-19(21-13-15-22(4)17-10-8-9-11-17)24-14-12-18(16-24)23(6-2)7-3;/h17-18H,5-16H2,1-4H3,(H,20,21);1H. The van der Waals surface area contributed by atoms with Crippen molar-refractivity contribution in [2.45, 2.75) is 65.0 Å². The predicted octanol–water partition coefficient (Wildman–Crippen LogP) is 2.86. The lowest BCUT2D eigenvalue weighted by Gasteiger charge is -2.27. The van der Waals surface area contributed by atoms with Gasteiger partial charge < -0.3 is 15.1 Å². The Hall–Kier alpha value is -0.0800. The minimum atomic E-state index is 0. The number of nitrogens with zero attached hydrogens (tertiary/aromatic N) is 4. The molecule has 0 aromatic carbocycles. The van der Waals surface area contributed by atoms with Gasteiger partial charge in [0.2, 0.25) is 0 Å². The Balaban J connectivity index is 0.00000312. The van der Waals surface area contributed by atoms with Crippen LogP contribution in [0.1, 0.15) is 52.9 Å². The van der Waals surface area contributed by atoms with Crippen molar-refractivity contribution in [2.75, 3.05) is 52.9 Å². The first-order valence-electron chi connectivity index (χ1n) is 10.2. The molecule has 25 heavy (non-hydrogen) atoms. The minimum absolute atomic E-state index is 0. The first kappa shape index (κ1) is 23.0. The van der Waals surface area contributed by atoms with Crippen molar-refractivity contribution < 1.29 is 0 Å². The molecule has 1 unspecified atom stereocenters. The lowest BCUT2D eigenvalue weighted by molar-refractivity contribution is 0.223. The molecule has 1 heterocycles. The van der Waals surface area contributed by atoms with E-state index < -0.39 is 0 Å². The number of nitrogens with one attached hydrogen (secondary N) is 1. The van der Waals surface area contributed by atoms with Crippen LogP contribution in [0.15, 0.2) is 4.99 Å². The largest absolute Gasteiger partial charge is 0.357 e. The molecule has 148 valence electrons. The molecule has 1 aliphatic heterocycles. The van der Waals surface area contributed by atoms with E-state index in [9.17, 15) is 0 Å². The van der Waals surface area contributed by atoms with Crippen molar-refractivity contribution in [3.05, 3.63) is 0 Å². The summed E-state index contributed by atoms with van der Waals surface area (Å²) >= 11 is 0. The van der Waals surface area contributed by atoms with Gasteiger partial charge in [-0.15, -0.1) is 24.0 Å². The summed E-state index contributed by atoms with van der Waals surface area (Å²) in [6, 6.07) is 1.48. The number of guanidine groups is 1. The molecular weight excluding hydrogens is 425 g/mol. The molecular formula is C19H40IN5. The van der Waals surface area contributed by atoms with Gasteiger partial charge in [-0.3, -0.25) is 9.89 Å². The zero-order valence-corrected chi connectivity index (χ0v) is 19.2. The van der Waals surface area contributed by atoms with Crippen molar-refractivity contribution >= 4 is 29.9 Å². The van der Waals surface area contributed by atoms with Crippen LogP contribution in [0.4, 0.5) is 0 Å². The van der Waals surface area contributed by atoms with Gasteiger partial charge in [-0.1, -0.05) is 26.7 Å². The van der Waals surface area contributed by atoms with Crippen LogP contribution in [-0.2, 0) is 0 Å². The average Bonchev–Trinajstić information content (AvgIpc) is 3.27. The molecule has 0 aromatic rings. The lowest BCUT2D eigenvalue weighted by atomic mass is 10.2. The van der Waals surface area contributed by atoms with Crippen LogP contribution in [-0.4, -0.2) is 85.6 Å². The van der Waals surface area contributed by atoms with E-state index in [4.69, 9.17) is 4.99 Å². The summed E-state index contributed by atoms with van der Waals surface area (Å²) in [4.78, 5) is 12.5. The summed E-state index contributed by atoms with van der Waals surface area (Å²) in [6.07, 6.45) is 6.81. The molecule has 0 spiro atoms. The molecule has 2 rings (SSSR count). The van der Waals surface area contributed by atoms with Crippen LogP contribution >= 0.6 is 24.0 Å². The lowest BCUT2D eigenvalue weighted by Crippen LogP contribution is -2.43. The Morgan fingerprint density at radius 3 is 2.36 bits per heavy atom. The maximum Gasteiger partial charge on any atom is 0.194 e. The smallest absolute Gasteiger partial charge is 0.194 e. The van der Waals surface area contributed by atoms with Crippen LogP contribution in [0.2, 0.25) is 0 Å². The van der Waals surface area contributed by atoms with Crippen molar-refractivity contribution in [1.29, 1.82) is 0 Å². The molecule has 2 fully saturated rings. The van der Waals surface area contributed by atoms with Gasteiger partial charge >= 0.3 is 0 Å². The second kappa shape index (κ2) is 12.3. The van der Waals surface area contributed by atoms with Crippen molar-refractivity contribution in [3.8, 4) is 0 Å². The number of aliphatic imine (C=N–C) groups is 1. The Labute approximate surface area is 172 Å². The van der Waals surface area contributed by atoms with Gasteiger partial charge in [0, 0.05) is 38.3 Å². The summed E-state index contributed by atoms with van der Waals surface area (Å²) in [5.41, 5.74) is 0. The van der Waals surface area contributed by atoms with E-state index >= 15 is 0 Å². The fraction of sp³-hybridized carbons (Fsp3) is 0.947. The van der Waals surface area contributed by atoms with Gasteiger partial charge in [0.25, 0.3) is 0 Å². The Morgan fingerprint density at radius 1 is 1.08 bits per heavy atom. The number of likely N-dealkylation sites (N-methyl/N-ethyl adjacent to an activating group) is 2. The predicted molar refractivity (Wildman–Crippen MR) is 119 cm³/mol. The number of likely N-dealkylation sites (tertiary alicyclic amines) is 1. The first-order chi connectivity index (χ1) is 11.7. The summed E-state index contributed by atoms with van der Waals surface area (Å²) in [5.74, 6) is 1.12. The van der Waals surface area contributed by atoms with Crippen LogP contribution < -0.4 is 5.32 Å². The van der Waals surface area contributed by atoms with Crippen LogP contribution in [0.25, 0.3) is 0 Å². The van der Waals surface area contributed by atoms with E-state index in [0.717, 1.165) is 57.8 Å². The highest BCUT2D eigenvalue weighted by Gasteiger charge is 2.28. The Kier molecular flexibility index (Phi) is 11.3. The fourth-order valence-corrected chi connectivity index (χ4v) is 4.24. The first-order valence-corrected chi connectivity index (χ1v) is 10.2. The summed E-state index contributed by atoms with van der Waals surface area (Å²) in [6.45, 7) is 14.2. The molecule has 5 nitrogen and oxygen atoms in total. The van der Waals surface area contributed by atoms with Crippen LogP contribution in [0.5, 0.6) is 0 Å². The molecule has 1 aliphatic carbocycles. The van der Waals surface area contributed by atoms with Gasteiger partial charge in [0.15, 0.2) is 5.96 Å². The van der Waals surface area contributed by atoms with E-state index in [1.54, 1.807) is 0 Å². The number of hydrogen-bond donors (Lipinski definition) is 1. The van der Waals surface area contributed by atoms with Crippen molar-refractivity contribution in [3.63, 3.8) is 0 Å². The molecule has 0 radical (unpaired) electrons.